The molecule has 10 heteroatoms. The van der Waals surface area contributed by atoms with Crippen LogP contribution in [0, 0.1) is 0 Å². The van der Waals surface area contributed by atoms with Crippen molar-refractivity contribution in [1.29, 1.82) is 0 Å². The molecule has 4 aromatic rings. The number of likely N-dealkylation sites (N-methyl/N-ethyl adjacent to an activating group) is 1. The summed E-state index contributed by atoms with van der Waals surface area (Å²) in [5, 5.41) is 19.6. The summed E-state index contributed by atoms with van der Waals surface area (Å²) in [6.07, 6.45) is 3.56. The van der Waals surface area contributed by atoms with Crippen molar-refractivity contribution in [2.24, 2.45) is 5.73 Å². The summed E-state index contributed by atoms with van der Waals surface area (Å²) in [7, 11) is 0. The van der Waals surface area contributed by atoms with Crippen LogP contribution in [-0.2, 0) is 6.42 Å². The third-order valence-electron chi connectivity index (χ3n) is 6.31. The second kappa shape index (κ2) is 11.2. The molecule has 9 nitrogen and oxygen atoms in total. The Labute approximate surface area is 215 Å². The van der Waals surface area contributed by atoms with Gasteiger partial charge in [0.05, 0.1) is 34.1 Å². The van der Waals surface area contributed by atoms with Gasteiger partial charge in [0, 0.05) is 29.9 Å². The molecule has 0 aliphatic carbocycles. The first-order chi connectivity index (χ1) is 17.3. The molecule has 0 aromatic carbocycles. The molecule has 0 radical (unpaired) electrons. The van der Waals surface area contributed by atoms with Crippen molar-refractivity contribution in [2.75, 3.05) is 25.0 Å². The highest BCUT2D eigenvalue weighted by molar-refractivity contribution is 7.13. The number of aliphatic hydroxyl groups excluding tert-OH is 1. The first-order valence-electron chi connectivity index (χ1n) is 12.2. The number of carbonyl (C=O) groups excluding carboxylic acids is 1. The predicted molar refractivity (Wildman–Crippen MR) is 144 cm³/mol. The standard InChI is InChI=1S/C26H33N7O2S/c1-5-32(6-2)16(3)12-19-18(24(27)35)13-22(30-25(19)28-14-17(4)34)20-15-29-33-10-9-21(31-26(20)33)23-8-7-11-36-23/h7-11,13,15-17,34H,5-6,12,14H2,1-4H3,(H2,27,35)(H,28,30)/t16-,17-/m0/s1. The molecule has 190 valence electrons. The first-order valence-corrected chi connectivity index (χ1v) is 13.1. The minimum Gasteiger partial charge on any atom is -0.392 e. The van der Waals surface area contributed by atoms with Crippen LogP contribution in [0.5, 0.6) is 0 Å². The van der Waals surface area contributed by atoms with Gasteiger partial charge >= 0.3 is 0 Å². The Kier molecular flexibility index (Phi) is 7.97. The Hall–Kier alpha value is -3.34. The normalized spacial score (nSPS) is 13.3. The highest BCUT2D eigenvalue weighted by atomic mass is 32.1. The zero-order chi connectivity index (χ0) is 25.8. The number of aromatic nitrogens is 4. The van der Waals surface area contributed by atoms with Crippen LogP contribution in [-0.4, -0.2) is 67.3 Å². The second-order valence-electron chi connectivity index (χ2n) is 8.87. The van der Waals surface area contributed by atoms with Crippen LogP contribution in [0.15, 0.2) is 42.0 Å². The quantitative estimate of drug-likeness (QED) is 0.283. The molecule has 36 heavy (non-hydrogen) atoms. The van der Waals surface area contributed by atoms with E-state index in [2.05, 4.69) is 36.1 Å². The van der Waals surface area contributed by atoms with Crippen molar-refractivity contribution in [2.45, 2.75) is 46.3 Å². The van der Waals surface area contributed by atoms with Crippen molar-refractivity contribution in [3.63, 3.8) is 0 Å². The summed E-state index contributed by atoms with van der Waals surface area (Å²) in [5.41, 5.74) is 9.75. The molecular formula is C26H33N7O2S. The number of fused-ring (bicyclic) bond motifs is 1. The van der Waals surface area contributed by atoms with Gasteiger partial charge in [-0.25, -0.2) is 14.5 Å². The van der Waals surface area contributed by atoms with Crippen LogP contribution in [0.1, 0.15) is 43.6 Å². The van der Waals surface area contributed by atoms with Crippen molar-refractivity contribution in [1.82, 2.24) is 24.5 Å². The van der Waals surface area contributed by atoms with Gasteiger partial charge in [-0.15, -0.1) is 11.3 Å². The van der Waals surface area contributed by atoms with Crippen LogP contribution >= 0.6 is 11.3 Å². The maximum atomic E-state index is 12.7. The zero-order valence-electron chi connectivity index (χ0n) is 21.1. The van der Waals surface area contributed by atoms with E-state index in [-0.39, 0.29) is 12.6 Å². The minimum atomic E-state index is -0.590. The number of nitrogens with one attached hydrogen (secondary N) is 1. The molecule has 0 saturated carbocycles. The number of amides is 1. The maximum Gasteiger partial charge on any atom is 0.249 e. The predicted octanol–water partition coefficient (Wildman–Crippen LogP) is 3.68. The molecule has 0 unspecified atom stereocenters. The van der Waals surface area contributed by atoms with Gasteiger partial charge in [0.15, 0.2) is 5.65 Å². The molecule has 0 spiro atoms. The number of hydrogen-bond acceptors (Lipinski definition) is 8. The third-order valence-corrected chi connectivity index (χ3v) is 7.20. The SMILES string of the molecule is CCN(CC)[C@@H](C)Cc1c(C(N)=O)cc(-c2cnn3ccc(-c4cccs4)nc23)nc1NC[C@H](C)O. The topological polar surface area (TPSA) is 122 Å². The molecule has 4 aromatic heterocycles. The van der Waals surface area contributed by atoms with Crippen molar-refractivity contribution >= 4 is 28.7 Å². The molecule has 4 rings (SSSR count). The Morgan fingerprint density at radius 1 is 1.22 bits per heavy atom. The molecule has 0 bridgehead atoms. The van der Waals surface area contributed by atoms with E-state index < -0.39 is 12.0 Å². The molecule has 1 amide bonds. The van der Waals surface area contributed by atoms with Gasteiger partial charge in [0.2, 0.25) is 5.91 Å². The minimum absolute atomic E-state index is 0.171. The molecule has 0 saturated heterocycles. The Morgan fingerprint density at radius 2 is 2.00 bits per heavy atom. The molecule has 0 fully saturated rings. The lowest BCUT2D eigenvalue weighted by molar-refractivity contribution is 0.0999. The van der Waals surface area contributed by atoms with E-state index in [0.29, 0.717) is 34.7 Å². The number of carbonyl (C=O) groups is 1. The van der Waals surface area contributed by atoms with Gasteiger partial charge < -0.3 is 21.1 Å². The monoisotopic (exact) mass is 507 g/mol. The van der Waals surface area contributed by atoms with E-state index in [4.69, 9.17) is 15.7 Å². The summed E-state index contributed by atoms with van der Waals surface area (Å²) < 4.78 is 1.69. The van der Waals surface area contributed by atoms with Crippen molar-refractivity contribution < 1.29 is 9.90 Å². The van der Waals surface area contributed by atoms with Crippen molar-refractivity contribution in [3.05, 3.63) is 53.2 Å². The molecule has 4 N–H and O–H groups in total. The summed E-state index contributed by atoms with van der Waals surface area (Å²) in [6, 6.07) is 7.83. The van der Waals surface area contributed by atoms with E-state index in [1.165, 1.54) is 0 Å². The molecule has 0 aliphatic heterocycles. The fourth-order valence-corrected chi connectivity index (χ4v) is 5.10. The molecule has 2 atom stereocenters. The van der Waals surface area contributed by atoms with Gasteiger partial charge in [-0.05, 0) is 56.9 Å². The van der Waals surface area contributed by atoms with Crippen LogP contribution in [0.4, 0.5) is 5.82 Å². The number of primary amides is 1. The largest absolute Gasteiger partial charge is 0.392 e. The van der Waals surface area contributed by atoms with Gasteiger partial charge in [0.25, 0.3) is 0 Å². The number of hydrogen-bond donors (Lipinski definition) is 3. The number of thiophene rings is 1. The molecule has 4 heterocycles. The first kappa shape index (κ1) is 25.7. The summed E-state index contributed by atoms with van der Waals surface area (Å²) in [6.45, 7) is 10.1. The number of nitrogens with zero attached hydrogens (tertiary/aromatic N) is 5. The highest BCUT2D eigenvalue weighted by Crippen LogP contribution is 2.31. The highest BCUT2D eigenvalue weighted by Gasteiger charge is 2.23. The summed E-state index contributed by atoms with van der Waals surface area (Å²) in [4.78, 5) is 25.8. The van der Waals surface area contributed by atoms with Crippen LogP contribution in [0.3, 0.4) is 0 Å². The van der Waals surface area contributed by atoms with Gasteiger partial charge in [-0.1, -0.05) is 19.9 Å². The average molecular weight is 508 g/mol. The van der Waals surface area contributed by atoms with Crippen LogP contribution in [0.25, 0.3) is 27.5 Å². The number of rotatable bonds is 11. The number of nitrogens with two attached hydrogens (primary N) is 1. The van der Waals surface area contributed by atoms with Crippen LogP contribution < -0.4 is 11.1 Å². The lowest BCUT2D eigenvalue weighted by Crippen LogP contribution is -2.35. The van der Waals surface area contributed by atoms with E-state index in [1.54, 1.807) is 35.0 Å². The zero-order valence-corrected chi connectivity index (χ0v) is 21.9. The fraction of sp³-hybridized carbons (Fsp3) is 0.385. The summed E-state index contributed by atoms with van der Waals surface area (Å²) >= 11 is 1.61. The van der Waals surface area contributed by atoms with E-state index in [1.807, 2.05) is 29.8 Å². The van der Waals surface area contributed by atoms with Gasteiger partial charge in [-0.3, -0.25) is 4.79 Å². The van der Waals surface area contributed by atoms with E-state index >= 15 is 0 Å². The van der Waals surface area contributed by atoms with Crippen molar-refractivity contribution in [3.8, 4) is 21.8 Å². The maximum absolute atomic E-state index is 12.7. The third kappa shape index (κ3) is 5.40. The van der Waals surface area contributed by atoms with E-state index in [0.717, 1.165) is 29.2 Å². The Bertz CT molecular complexity index is 1330. The average Bonchev–Trinajstić information content (AvgIpc) is 3.53. The fourth-order valence-electron chi connectivity index (χ4n) is 4.41. The molecule has 0 aliphatic rings. The summed E-state index contributed by atoms with van der Waals surface area (Å²) in [5.74, 6) is 0.0131. The number of pyridine rings is 1. The molecular weight excluding hydrogens is 474 g/mol. The van der Waals surface area contributed by atoms with Crippen LogP contribution in [0.2, 0.25) is 0 Å². The number of aliphatic hydroxyl groups is 1. The van der Waals surface area contributed by atoms with Gasteiger partial charge in [0.1, 0.15) is 5.82 Å². The number of anilines is 1. The van der Waals surface area contributed by atoms with Gasteiger partial charge in [-0.2, -0.15) is 5.10 Å². The lowest BCUT2D eigenvalue weighted by atomic mass is 9.98. The Balaban J connectivity index is 1.84. The van der Waals surface area contributed by atoms with E-state index in [9.17, 15) is 9.90 Å². The second-order valence-corrected chi connectivity index (χ2v) is 9.81. The smallest absolute Gasteiger partial charge is 0.249 e. The lowest BCUT2D eigenvalue weighted by Gasteiger charge is -2.28. The Morgan fingerprint density at radius 3 is 2.64 bits per heavy atom.